The van der Waals surface area contributed by atoms with Crippen LogP contribution in [-0.4, -0.2) is 77.8 Å². The summed E-state index contributed by atoms with van der Waals surface area (Å²) in [6.07, 6.45) is 9.56. The molecule has 240 valence electrons. The lowest BCUT2D eigenvalue weighted by Crippen LogP contribution is -2.53. The van der Waals surface area contributed by atoms with Crippen LogP contribution in [0, 0.1) is 5.92 Å². The van der Waals surface area contributed by atoms with Gasteiger partial charge in [0.2, 0.25) is 21.8 Å². The van der Waals surface area contributed by atoms with Gasteiger partial charge in [0.1, 0.15) is 0 Å². The van der Waals surface area contributed by atoms with Crippen LogP contribution in [0.2, 0.25) is 0 Å². The zero-order chi connectivity index (χ0) is 31.4. The molecule has 4 atom stereocenters. The van der Waals surface area contributed by atoms with E-state index in [-0.39, 0.29) is 30.2 Å². The second-order valence-electron chi connectivity index (χ2n) is 12.5. The third-order valence-electron chi connectivity index (χ3n) is 9.43. The Morgan fingerprint density at radius 1 is 1.11 bits per heavy atom. The molecular weight excluding hydrogens is 578 g/mol. The standard InChI is InChI=1S/C33H47N5O5S/c1-4-38-21-24-15-16-44(42,43)37(3)28-18-25(19-29(38)31(24)28)33(41)36-27(17-23-11-7-5-8-12-23)30(39)20-34-22(2)32(40)35-26-13-9-6-10-14-26/h5,7-8,11-12,18,21-22,25-27,30,34,39H,4,6,9-10,13-17,19-20H2,1-3H3,(H,35,40)(H,36,41)/t22-,25?,27-,30+/m0/s1. The van der Waals surface area contributed by atoms with E-state index in [1.54, 1.807) is 20.0 Å². The molecule has 0 saturated heterocycles. The first-order valence-corrected chi connectivity index (χ1v) is 17.6. The summed E-state index contributed by atoms with van der Waals surface area (Å²) in [6, 6.07) is 8.74. The minimum absolute atomic E-state index is 0.0211. The van der Waals surface area contributed by atoms with Crippen molar-refractivity contribution >= 4 is 27.5 Å². The Bertz CT molecular complexity index is 1460. The van der Waals surface area contributed by atoms with Crippen molar-refractivity contribution in [2.75, 3.05) is 19.3 Å². The number of aliphatic hydroxyl groups is 1. The molecule has 1 aromatic heterocycles. The SMILES string of the molecule is CCn1cc2c3c1CC(C(=O)N[C@@H](Cc1ccccc1)[C@H](O)CN[C@@H](C)C(=O)NC1CCCCC1)C=C3N(C)S(=O)(=O)CC2. The lowest BCUT2D eigenvalue weighted by Gasteiger charge is -2.31. The van der Waals surface area contributed by atoms with Crippen LogP contribution < -0.4 is 16.0 Å². The van der Waals surface area contributed by atoms with E-state index in [0.717, 1.165) is 48.1 Å². The highest BCUT2D eigenvalue weighted by Crippen LogP contribution is 2.39. The van der Waals surface area contributed by atoms with Gasteiger partial charge in [-0.1, -0.05) is 49.6 Å². The van der Waals surface area contributed by atoms with Crippen molar-refractivity contribution in [3.05, 3.63) is 65.0 Å². The van der Waals surface area contributed by atoms with Gasteiger partial charge in [0.25, 0.3) is 0 Å². The zero-order valence-corrected chi connectivity index (χ0v) is 26.9. The van der Waals surface area contributed by atoms with Crippen LogP contribution in [-0.2, 0) is 45.4 Å². The molecule has 1 aliphatic heterocycles. The van der Waals surface area contributed by atoms with Gasteiger partial charge in [-0.15, -0.1) is 0 Å². The minimum atomic E-state index is -3.51. The number of rotatable bonds is 11. The molecule has 4 N–H and O–H groups in total. The van der Waals surface area contributed by atoms with Gasteiger partial charge in [-0.25, -0.2) is 8.42 Å². The molecule has 1 saturated carbocycles. The van der Waals surface area contributed by atoms with Gasteiger partial charge in [-0.3, -0.25) is 13.9 Å². The average Bonchev–Trinajstić information content (AvgIpc) is 3.35. The first-order chi connectivity index (χ1) is 21.1. The lowest BCUT2D eigenvalue weighted by atomic mass is 9.88. The van der Waals surface area contributed by atoms with Crippen molar-refractivity contribution in [3.8, 4) is 0 Å². The molecule has 3 aliphatic rings. The number of aryl methyl sites for hydroxylation is 2. The molecule has 0 spiro atoms. The third kappa shape index (κ3) is 7.21. The van der Waals surface area contributed by atoms with Gasteiger partial charge in [0, 0.05) is 50.1 Å². The maximum atomic E-state index is 13.9. The molecule has 2 aliphatic carbocycles. The van der Waals surface area contributed by atoms with Crippen LogP contribution in [0.4, 0.5) is 0 Å². The first-order valence-electron chi connectivity index (χ1n) is 16.0. The van der Waals surface area contributed by atoms with E-state index in [0.29, 0.717) is 31.5 Å². The number of amides is 2. The normalized spacial score (nSPS) is 21.8. The Morgan fingerprint density at radius 2 is 1.84 bits per heavy atom. The summed E-state index contributed by atoms with van der Waals surface area (Å²) < 4.78 is 29.4. The monoisotopic (exact) mass is 625 g/mol. The van der Waals surface area contributed by atoms with Crippen LogP contribution in [0.25, 0.3) is 5.70 Å². The van der Waals surface area contributed by atoms with Gasteiger partial charge in [0.15, 0.2) is 0 Å². The van der Waals surface area contributed by atoms with Crippen molar-refractivity contribution in [2.24, 2.45) is 5.92 Å². The fourth-order valence-corrected chi connectivity index (χ4v) is 7.91. The summed E-state index contributed by atoms with van der Waals surface area (Å²) in [4.78, 5) is 26.7. The highest BCUT2D eigenvalue weighted by Gasteiger charge is 2.37. The number of aliphatic hydroxyl groups excluding tert-OH is 1. The van der Waals surface area contributed by atoms with Gasteiger partial charge in [-0.05, 0) is 56.7 Å². The number of sulfonamides is 1. The zero-order valence-electron chi connectivity index (χ0n) is 26.1. The highest BCUT2D eigenvalue weighted by molar-refractivity contribution is 7.89. The molecule has 1 unspecified atom stereocenters. The summed E-state index contributed by atoms with van der Waals surface area (Å²) in [5, 5.41) is 20.7. The summed E-state index contributed by atoms with van der Waals surface area (Å²) in [5.74, 6) is -0.947. The number of carbonyl (C=O) groups is 2. The van der Waals surface area contributed by atoms with E-state index in [2.05, 4.69) is 20.5 Å². The molecule has 10 nitrogen and oxygen atoms in total. The Labute approximate surface area is 261 Å². The van der Waals surface area contributed by atoms with Crippen molar-refractivity contribution in [1.82, 2.24) is 24.8 Å². The number of hydrogen-bond acceptors (Lipinski definition) is 6. The maximum absolute atomic E-state index is 13.9. The number of benzene rings is 1. The Morgan fingerprint density at radius 3 is 2.55 bits per heavy atom. The predicted octanol–water partition coefficient (Wildman–Crippen LogP) is 2.35. The quantitative estimate of drug-likeness (QED) is 0.303. The lowest BCUT2D eigenvalue weighted by molar-refractivity contribution is -0.126. The molecule has 0 radical (unpaired) electrons. The van der Waals surface area contributed by atoms with Crippen LogP contribution in [0.1, 0.15) is 68.3 Å². The second kappa shape index (κ2) is 13.9. The minimum Gasteiger partial charge on any atom is -0.390 e. The van der Waals surface area contributed by atoms with Gasteiger partial charge < -0.3 is 25.6 Å². The van der Waals surface area contributed by atoms with E-state index in [1.165, 1.54) is 10.7 Å². The summed E-state index contributed by atoms with van der Waals surface area (Å²) in [6.45, 7) is 4.67. The average molecular weight is 626 g/mol. The predicted molar refractivity (Wildman–Crippen MR) is 171 cm³/mol. The fourth-order valence-electron chi connectivity index (χ4n) is 6.71. The van der Waals surface area contributed by atoms with Gasteiger partial charge >= 0.3 is 0 Å². The summed E-state index contributed by atoms with van der Waals surface area (Å²) in [5.41, 5.74) is 4.38. The van der Waals surface area contributed by atoms with E-state index < -0.39 is 34.1 Å². The molecule has 11 heteroatoms. The summed E-state index contributed by atoms with van der Waals surface area (Å²) >= 11 is 0. The largest absolute Gasteiger partial charge is 0.390 e. The molecule has 2 heterocycles. The van der Waals surface area contributed by atoms with Crippen LogP contribution in [0.3, 0.4) is 0 Å². The maximum Gasteiger partial charge on any atom is 0.237 e. The molecule has 0 bridgehead atoms. The number of carbonyl (C=O) groups excluding carboxylic acids is 2. The van der Waals surface area contributed by atoms with E-state index in [4.69, 9.17) is 0 Å². The molecule has 2 amide bonds. The molecule has 5 rings (SSSR count). The Hall–Kier alpha value is -3.15. The van der Waals surface area contributed by atoms with E-state index in [9.17, 15) is 23.1 Å². The van der Waals surface area contributed by atoms with Crippen molar-refractivity contribution in [2.45, 2.75) is 96.0 Å². The van der Waals surface area contributed by atoms with Crippen LogP contribution in [0.15, 0.2) is 42.6 Å². The smallest absolute Gasteiger partial charge is 0.237 e. The third-order valence-corrected chi connectivity index (χ3v) is 11.2. The Balaban J connectivity index is 1.31. The molecule has 1 fully saturated rings. The fraction of sp³-hybridized carbons (Fsp3) is 0.576. The van der Waals surface area contributed by atoms with Crippen molar-refractivity contribution in [1.29, 1.82) is 0 Å². The van der Waals surface area contributed by atoms with E-state index >= 15 is 0 Å². The van der Waals surface area contributed by atoms with E-state index in [1.807, 2.05) is 43.5 Å². The second-order valence-corrected chi connectivity index (χ2v) is 14.6. The molecule has 44 heavy (non-hydrogen) atoms. The molecule has 1 aromatic carbocycles. The van der Waals surface area contributed by atoms with Crippen LogP contribution >= 0.6 is 0 Å². The van der Waals surface area contributed by atoms with Gasteiger partial charge in [-0.2, -0.15) is 0 Å². The number of hydrogen-bond donors (Lipinski definition) is 4. The summed E-state index contributed by atoms with van der Waals surface area (Å²) in [7, 11) is -1.96. The number of nitrogens with one attached hydrogen (secondary N) is 3. The highest BCUT2D eigenvalue weighted by atomic mass is 32.2. The topological polar surface area (TPSA) is 133 Å². The number of aromatic nitrogens is 1. The van der Waals surface area contributed by atoms with Crippen molar-refractivity contribution < 1.29 is 23.1 Å². The van der Waals surface area contributed by atoms with Crippen LogP contribution in [0.5, 0.6) is 0 Å². The van der Waals surface area contributed by atoms with Crippen molar-refractivity contribution in [3.63, 3.8) is 0 Å². The molecular formula is C33H47N5O5S. The number of nitrogens with zero attached hydrogens (tertiary/aromatic N) is 2. The Kier molecular flexibility index (Phi) is 10.2. The molecule has 2 aromatic rings. The first kappa shape index (κ1) is 32.2. The van der Waals surface area contributed by atoms with Gasteiger partial charge in [0.05, 0.1) is 35.6 Å².